The average molecular weight is 387 g/mol. The maximum absolute atomic E-state index is 12.2. The second-order valence-electron chi connectivity index (χ2n) is 8.40. The molecule has 3 N–H and O–H groups in total. The zero-order valence-corrected chi connectivity index (χ0v) is 17.1. The summed E-state index contributed by atoms with van der Waals surface area (Å²) in [7, 11) is 0. The van der Waals surface area contributed by atoms with Gasteiger partial charge in [-0.1, -0.05) is 27.7 Å². The maximum atomic E-state index is 12.2. The highest BCUT2D eigenvalue weighted by Crippen LogP contribution is 2.22. The molecule has 1 fully saturated rings. The Morgan fingerprint density at radius 1 is 1.14 bits per heavy atom. The van der Waals surface area contributed by atoms with Crippen LogP contribution in [0.2, 0.25) is 0 Å². The van der Waals surface area contributed by atoms with Crippen LogP contribution in [0.1, 0.15) is 71.5 Å². The molecule has 2 aromatic rings. The van der Waals surface area contributed by atoms with Crippen molar-refractivity contribution in [1.29, 1.82) is 0 Å². The van der Waals surface area contributed by atoms with Gasteiger partial charge in [0.1, 0.15) is 11.2 Å². The Morgan fingerprint density at radius 3 is 2.46 bits per heavy atom. The van der Waals surface area contributed by atoms with Crippen molar-refractivity contribution in [3.05, 3.63) is 22.4 Å². The van der Waals surface area contributed by atoms with Gasteiger partial charge >= 0.3 is 0 Å². The lowest BCUT2D eigenvalue weighted by atomic mass is 9.91. The van der Waals surface area contributed by atoms with Gasteiger partial charge in [0.25, 0.3) is 5.56 Å². The first-order valence-electron chi connectivity index (χ1n) is 10.1. The molecule has 3 rings (SSSR count). The number of H-pyrrole nitrogens is 1. The summed E-state index contributed by atoms with van der Waals surface area (Å²) < 4.78 is 0. The highest BCUT2D eigenvalue weighted by Gasteiger charge is 2.23. The number of rotatable bonds is 6. The molecule has 8 nitrogen and oxygen atoms in total. The highest BCUT2D eigenvalue weighted by atomic mass is 16.1. The summed E-state index contributed by atoms with van der Waals surface area (Å²) in [6.07, 6.45) is 5.85. The number of carbonyl (C=O) groups excluding carboxylic acids is 1. The summed E-state index contributed by atoms with van der Waals surface area (Å²) in [6, 6.07) is 0.498. The van der Waals surface area contributed by atoms with Crippen molar-refractivity contribution in [3.63, 3.8) is 0 Å². The topological polar surface area (TPSA) is 113 Å². The van der Waals surface area contributed by atoms with Gasteiger partial charge in [0.15, 0.2) is 5.65 Å². The molecule has 1 saturated carbocycles. The first-order valence-corrected chi connectivity index (χ1v) is 10.1. The second kappa shape index (κ2) is 8.67. The Kier molecular flexibility index (Phi) is 6.26. The minimum Gasteiger partial charge on any atom is -0.353 e. The number of aromatic nitrogens is 4. The Morgan fingerprint density at radius 2 is 1.82 bits per heavy atom. The molecule has 2 heterocycles. The van der Waals surface area contributed by atoms with E-state index in [1.54, 1.807) is 0 Å². The van der Waals surface area contributed by atoms with Crippen LogP contribution >= 0.6 is 0 Å². The van der Waals surface area contributed by atoms with Crippen molar-refractivity contribution in [2.24, 2.45) is 5.92 Å². The van der Waals surface area contributed by atoms with E-state index in [-0.39, 0.29) is 29.5 Å². The van der Waals surface area contributed by atoms with Crippen molar-refractivity contribution in [1.82, 2.24) is 25.3 Å². The number of hydrogen-bond acceptors (Lipinski definition) is 6. The van der Waals surface area contributed by atoms with E-state index in [0.29, 0.717) is 35.1 Å². The molecule has 0 bridgehead atoms. The second-order valence-corrected chi connectivity index (χ2v) is 8.40. The zero-order valence-electron chi connectivity index (χ0n) is 17.1. The number of amides is 1. The zero-order chi connectivity index (χ0) is 20.3. The van der Waals surface area contributed by atoms with Crippen LogP contribution in [0.25, 0.3) is 11.0 Å². The van der Waals surface area contributed by atoms with Crippen LogP contribution in [0.15, 0.2) is 11.0 Å². The van der Waals surface area contributed by atoms with E-state index in [1.165, 1.54) is 6.20 Å². The normalized spacial score (nSPS) is 19.9. The van der Waals surface area contributed by atoms with Gasteiger partial charge in [-0.3, -0.25) is 9.59 Å². The maximum Gasteiger partial charge on any atom is 0.261 e. The molecule has 1 amide bonds. The summed E-state index contributed by atoms with van der Waals surface area (Å²) in [5.41, 5.74) is 0.206. The van der Waals surface area contributed by atoms with Crippen LogP contribution in [0.3, 0.4) is 0 Å². The molecule has 1 aliphatic carbocycles. The van der Waals surface area contributed by atoms with Crippen LogP contribution < -0.4 is 16.2 Å². The molecule has 28 heavy (non-hydrogen) atoms. The summed E-state index contributed by atoms with van der Waals surface area (Å²) in [6.45, 7) is 8.05. The number of aromatic amines is 1. The van der Waals surface area contributed by atoms with Gasteiger partial charge in [-0.2, -0.15) is 4.98 Å². The fourth-order valence-electron chi connectivity index (χ4n) is 3.51. The minimum absolute atomic E-state index is 0.115. The first-order chi connectivity index (χ1) is 13.3. The minimum atomic E-state index is -0.210. The quantitative estimate of drug-likeness (QED) is 0.704. The molecule has 0 saturated heterocycles. The number of anilines is 1. The van der Waals surface area contributed by atoms with Crippen molar-refractivity contribution < 1.29 is 4.79 Å². The summed E-state index contributed by atoms with van der Waals surface area (Å²) >= 11 is 0. The van der Waals surface area contributed by atoms with Gasteiger partial charge in [-0.05, 0) is 31.6 Å². The van der Waals surface area contributed by atoms with E-state index in [0.717, 1.165) is 25.7 Å². The predicted octanol–water partition coefficient (Wildman–Crippen LogP) is 2.72. The molecule has 2 aromatic heterocycles. The molecular formula is C20H30N6O2. The third-order valence-corrected chi connectivity index (χ3v) is 5.05. The lowest BCUT2D eigenvalue weighted by Gasteiger charge is -2.29. The Hall–Kier alpha value is -2.51. The summed E-state index contributed by atoms with van der Waals surface area (Å²) in [4.78, 5) is 40.1. The van der Waals surface area contributed by atoms with Crippen LogP contribution in [0.4, 0.5) is 5.95 Å². The van der Waals surface area contributed by atoms with Crippen LogP contribution in [-0.2, 0) is 4.79 Å². The van der Waals surface area contributed by atoms with Crippen molar-refractivity contribution in [3.8, 4) is 0 Å². The lowest BCUT2D eigenvalue weighted by Crippen LogP contribution is -2.40. The molecule has 0 aliphatic heterocycles. The molecule has 0 atom stereocenters. The molecule has 0 radical (unpaired) electrons. The molecular weight excluding hydrogens is 356 g/mol. The largest absolute Gasteiger partial charge is 0.353 e. The van der Waals surface area contributed by atoms with E-state index in [4.69, 9.17) is 0 Å². The predicted molar refractivity (Wildman–Crippen MR) is 109 cm³/mol. The van der Waals surface area contributed by atoms with E-state index in [2.05, 4.69) is 44.4 Å². The molecule has 0 aromatic carbocycles. The molecule has 152 valence electrons. The van der Waals surface area contributed by atoms with Gasteiger partial charge < -0.3 is 15.6 Å². The third kappa shape index (κ3) is 5.05. The van der Waals surface area contributed by atoms with Crippen LogP contribution in [0.5, 0.6) is 0 Å². The third-order valence-electron chi connectivity index (χ3n) is 5.05. The lowest BCUT2D eigenvalue weighted by molar-refractivity contribution is -0.122. The van der Waals surface area contributed by atoms with Crippen molar-refractivity contribution >= 4 is 22.9 Å². The summed E-state index contributed by atoms with van der Waals surface area (Å²) in [5.74, 6) is 1.75. The number of carbonyl (C=O) groups is 1. The van der Waals surface area contributed by atoms with Crippen molar-refractivity contribution in [2.45, 2.75) is 77.8 Å². The van der Waals surface area contributed by atoms with E-state index in [9.17, 15) is 9.59 Å². The van der Waals surface area contributed by atoms with Gasteiger partial charge in [-0.15, -0.1) is 0 Å². The average Bonchev–Trinajstić information content (AvgIpc) is 2.62. The molecule has 8 heteroatoms. The monoisotopic (exact) mass is 386 g/mol. The van der Waals surface area contributed by atoms with E-state index >= 15 is 0 Å². The van der Waals surface area contributed by atoms with Crippen LogP contribution in [-0.4, -0.2) is 37.9 Å². The first kappa shape index (κ1) is 20.2. The van der Waals surface area contributed by atoms with Crippen molar-refractivity contribution in [2.75, 3.05) is 5.32 Å². The van der Waals surface area contributed by atoms with E-state index < -0.39 is 0 Å². The fourth-order valence-corrected chi connectivity index (χ4v) is 3.51. The van der Waals surface area contributed by atoms with Gasteiger partial charge in [0.05, 0.1) is 0 Å². The number of hydrogen-bond donors (Lipinski definition) is 3. The highest BCUT2D eigenvalue weighted by molar-refractivity contribution is 5.76. The van der Waals surface area contributed by atoms with Crippen LogP contribution in [0, 0.1) is 5.92 Å². The fraction of sp³-hybridized carbons (Fsp3) is 0.650. The van der Waals surface area contributed by atoms with Gasteiger partial charge in [-0.25, -0.2) is 9.97 Å². The Balaban J connectivity index is 1.61. The molecule has 0 unspecified atom stereocenters. The SMILES string of the molecule is CC(C)CC(=O)NC1CCC(Nc2ncc3c(=O)[nH]c(C(C)C)nc3n2)CC1. The van der Waals surface area contributed by atoms with Gasteiger partial charge in [0.2, 0.25) is 11.9 Å². The number of nitrogens with one attached hydrogen (secondary N) is 3. The molecule has 1 aliphatic rings. The number of nitrogens with zero attached hydrogens (tertiary/aromatic N) is 3. The smallest absolute Gasteiger partial charge is 0.261 e. The number of fused-ring (bicyclic) bond motifs is 1. The molecule has 0 spiro atoms. The van der Waals surface area contributed by atoms with E-state index in [1.807, 2.05) is 13.8 Å². The summed E-state index contributed by atoms with van der Waals surface area (Å²) in [5, 5.41) is 6.89. The Labute approximate surface area is 165 Å². The van der Waals surface area contributed by atoms with Gasteiger partial charge in [0, 0.05) is 30.6 Å². The Bertz CT molecular complexity index is 884. The standard InChI is InChI=1S/C20H30N6O2/c1-11(2)9-16(27)22-13-5-7-14(8-6-13)23-20-21-10-15-18(26-20)24-17(12(3)4)25-19(15)28/h10-14H,5-9H2,1-4H3,(H,22,27)(H2,21,23,24,25,26,28).